The third-order valence-electron chi connectivity index (χ3n) is 2.91. The maximum Gasteiger partial charge on any atom is 0.260 e. The van der Waals surface area contributed by atoms with Crippen molar-refractivity contribution in [2.45, 2.75) is 25.3 Å². The van der Waals surface area contributed by atoms with E-state index in [-0.39, 0.29) is 18.4 Å². The largest absolute Gasteiger partial charge is 0.337 e. The SMILES string of the molecule is C[C@@H]1CNCCN1C(=O)C1CC1(F)F. The maximum absolute atomic E-state index is 12.7. The average Bonchev–Trinajstić information content (AvgIpc) is 2.75. The monoisotopic (exact) mass is 204 g/mol. The molecule has 1 aliphatic carbocycles. The number of amides is 1. The second kappa shape index (κ2) is 3.15. The van der Waals surface area contributed by atoms with E-state index in [4.69, 9.17) is 0 Å². The van der Waals surface area contributed by atoms with Gasteiger partial charge in [0.15, 0.2) is 0 Å². The van der Waals surface area contributed by atoms with Crippen LogP contribution >= 0.6 is 0 Å². The fraction of sp³-hybridized carbons (Fsp3) is 0.889. The number of carbonyl (C=O) groups excluding carboxylic acids is 1. The van der Waals surface area contributed by atoms with Crippen LogP contribution in [0.3, 0.4) is 0 Å². The molecule has 3 nitrogen and oxygen atoms in total. The Morgan fingerprint density at radius 1 is 1.57 bits per heavy atom. The van der Waals surface area contributed by atoms with E-state index in [1.54, 1.807) is 4.90 Å². The molecule has 14 heavy (non-hydrogen) atoms. The van der Waals surface area contributed by atoms with Crippen molar-refractivity contribution in [3.8, 4) is 0 Å². The molecule has 0 bridgehead atoms. The minimum Gasteiger partial charge on any atom is -0.337 e. The lowest BCUT2D eigenvalue weighted by molar-refractivity contribution is -0.137. The number of hydrogen-bond donors (Lipinski definition) is 1. The Labute approximate surface area is 81.4 Å². The van der Waals surface area contributed by atoms with E-state index in [2.05, 4.69) is 5.32 Å². The van der Waals surface area contributed by atoms with Crippen LogP contribution in [-0.4, -0.2) is 42.4 Å². The first-order valence-electron chi connectivity index (χ1n) is 4.91. The van der Waals surface area contributed by atoms with Gasteiger partial charge in [0.2, 0.25) is 5.91 Å². The summed E-state index contributed by atoms with van der Waals surface area (Å²) in [5, 5.41) is 3.12. The summed E-state index contributed by atoms with van der Waals surface area (Å²) in [6.45, 7) is 3.83. The molecule has 5 heteroatoms. The fourth-order valence-corrected chi connectivity index (χ4v) is 1.85. The van der Waals surface area contributed by atoms with Gasteiger partial charge in [-0.15, -0.1) is 0 Å². The van der Waals surface area contributed by atoms with E-state index in [0.717, 1.165) is 0 Å². The summed E-state index contributed by atoms with van der Waals surface area (Å²) in [5.74, 6) is -4.14. The lowest BCUT2D eigenvalue weighted by Gasteiger charge is -2.34. The molecule has 2 fully saturated rings. The van der Waals surface area contributed by atoms with Gasteiger partial charge in [-0.2, -0.15) is 0 Å². The van der Waals surface area contributed by atoms with Crippen molar-refractivity contribution in [1.29, 1.82) is 0 Å². The summed E-state index contributed by atoms with van der Waals surface area (Å²) >= 11 is 0. The summed E-state index contributed by atoms with van der Waals surface area (Å²) in [6.07, 6.45) is -0.261. The molecule has 0 aromatic carbocycles. The van der Waals surface area contributed by atoms with Gasteiger partial charge in [-0.1, -0.05) is 0 Å². The molecule has 2 aliphatic rings. The summed E-state index contributed by atoms with van der Waals surface area (Å²) in [6, 6.07) is 0.0349. The third-order valence-corrected chi connectivity index (χ3v) is 2.91. The number of carbonyl (C=O) groups is 1. The summed E-state index contributed by atoms with van der Waals surface area (Å²) in [4.78, 5) is 13.2. The van der Waals surface area contributed by atoms with Crippen LogP contribution in [0.15, 0.2) is 0 Å². The molecule has 1 N–H and O–H groups in total. The van der Waals surface area contributed by atoms with Gasteiger partial charge in [0.25, 0.3) is 5.92 Å². The van der Waals surface area contributed by atoms with Crippen LogP contribution in [0.4, 0.5) is 8.78 Å². The van der Waals surface area contributed by atoms with E-state index in [9.17, 15) is 13.6 Å². The van der Waals surface area contributed by atoms with Gasteiger partial charge in [0.1, 0.15) is 5.92 Å². The van der Waals surface area contributed by atoms with Gasteiger partial charge in [-0.05, 0) is 6.92 Å². The number of alkyl halides is 2. The van der Waals surface area contributed by atoms with Crippen molar-refractivity contribution in [1.82, 2.24) is 10.2 Å². The van der Waals surface area contributed by atoms with Crippen molar-refractivity contribution in [3.05, 3.63) is 0 Å². The minimum absolute atomic E-state index is 0.0349. The second-order valence-corrected chi connectivity index (χ2v) is 4.10. The molecule has 80 valence electrons. The molecule has 1 unspecified atom stereocenters. The van der Waals surface area contributed by atoms with E-state index < -0.39 is 11.8 Å². The molecule has 0 aromatic rings. The fourth-order valence-electron chi connectivity index (χ4n) is 1.85. The van der Waals surface area contributed by atoms with E-state index in [1.807, 2.05) is 6.92 Å². The molecular weight excluding hydrogens is 190 g/mol. The molecular formula is C9H14F2N2O. The Hall–Kier alpha value is -0.710. The Kier molecular flexibility index (Phi) is 2.21. The predicted molar refractivity (Wildman–Crippen MR) is 47.1 cm³/mol. The first-order valence-corrected chi connectivity index (χ1v) is 4.91. The average molecular weight is 204 g/mol. The van der Waals surface area contributed by atoms with Gasteiger partial charge in [-0.3, -0.25) is 4.79 Å². The number of hydrogen-bond acceptors (Lipinski definition) is 2. The van der Waals surface area contributed by atoms with Gasteiger partial charge < -0.3 is 10.2 Å². The van der Waals surface area contributed by atoms with Crippen LogP contribution < -0.4 is 5.32 Å². The van der Waals surface area contributed by atoms with Gasteiger partial charge in [0.05, 0.1) is 0 Å². The number of nitrogens with zero attached hydrogens (tertiary/aromatic N) is 1. The normalized spacial score (nSPS) is 35.5. The van der Waals surface area contributed by atoms with Gasteiger partial charge in [-0.25, -0.2) is 8.78 Å². The molecule has 1 heterocycles. The first-order chi connectivity index (χ1) is 6.52. The highest BCUT2D eigenvalue weighted by molar-refractivity contribution is 5.83. The quantitative estimate of drug-likeness (QED) is 0.673. The van der Waals surface area contributed by atoms with Gasteiger partial charge in [0, 0.05) is 32.1 Å². The molecule has 2 rings (SSSR count). The summed E-state index contributed by atoms with van der Waals surface area (Å²) in [7, 11) is 0. The van der Waals surface area contributed by atoms with E-state index >= 15 is 0 Å². The Morgan fingerprint density at radius 3 is 2.71 bits per heavy atom. The molecule has 0 spiro atoms. The van der Waals surface area contributed by atoms with Crippen molar-refractivity contribution in [3.63, 3.8) is 0 Å². The number of halogens is 2. The Bertz CT molecular complexity index is 257. The highest BCUT2D eigenvalue weighted by Gasteiger charge is 2.62. The van der Waals surface area contributed by atoms with E-state index in [1.165, 1.54) is 0 Å². The van der Waals surface area contributed by atoms with E-state index in [0.29, 0.717) is 19.6 Å². The molecule has 1 amide bonds. The van der Waals surface area contributed by atoms with Crippen molar-refractivity contribution in [2.75, 3.05) is 19.6 Å². The zero-order chi connectivity index (χ0) is 10.3. The molecule has 0 aromatic heterocycles. The zero-order valence-electron chi connectivity index (χ0n) is 8.09. The smallest absolute Gasteiger partial charge is 0.260 e. The minimum atomic E-state index is -2.73. The number of rotatable bonds is 1. The Morgan fingerprint density at radius 2 is 2.21 bits per heavy atom. The lowest BCUT2D eigenvalue weighted by Crippen LogP contribution is -2.53. The lowest BCUT2D eigenvalue weighted by atomic mass is 10.2. The highest BCUT2D eigenvalue weighted by atomic mass is 19.3. The third kappa shape index (κ3) is 1.61. The van der Waals surface area contributed by atoms with Crippen molar-refractivity contribution < 1.29 is 13.6 Å². The maximum atomic E-state index is 12.7. The van der Waals surface area contributed by atoms with Crippen LogP contribution in [0.2, 0.25) is 0 Å². The van der Waals surface area contributed by atoms with Crippen molar-refractivity contribution in [2.24, 2.45) is 5.92 Å². The van der Waals surface area contributed by atoms with Crippen LogP contribution in [0.5, 0.6) is 0 Å². The standard InChI is InChI=1S/C9H14F2N2O/c1-6-5-12-2-3-13(6)8(14)7-4-9(7,10)11/h6-7,12H,2-5H2,1H3/t6-,7?/m1/s1. The molecule has 2 atom stereocenters. The Balaban J connectivity index is 1.97. The molecule has 1 saturated heterocycles. The molecule has 1 aliphatic heterocycles. The second-order valence-electron chi connectivity index (χ2n) is 4.10. The van der Waals surface area contributed by atoms with Crippen LogP contribution in [0.25, 0.3) is 0 Å². The van der Waals surface area contributed by atoms with Crippen molar-refractivity contribution >= 4 is 5.91 Å². The number of nitrogens with one attached hydrogen (secondary N) is 1. The first kappa shape index (κ1) is 9.83. The topological polar surface area (TPSA) is 32.3 Å². The predicted octanol–water partition coefficient (Wildman–Crippen LogP) is 0.462. The summed E-state index contributed by atoms with van der Waals surface area (Å²) < 4.78 is 25.3. The highest BCUT2D eigenvalue weighted by Crippen LogP contribution is 2.49. The zero-order valence-corrected chi connectivity index (χ0v) is 8.09. The van der Waals surface area contributed by atoms with Crippen LogP contribution in [-0.2, 0) is 4.79 Å². The summed E-state index contributed by atoms with van der Waals surface area (Å²) in [5.41, 5.74) is 0. The van der Waals surface area contributed by atoms with Crippen LogP contribution in [0, 0.1) is 5.92 Å². The molecule has 0 radical (unpaired) electrons. The van der Waals surface area contributed by atoms with Gasteiger partial charge >= 0.3 is 0 Å². The number of piperazine rings is 1. The molecule has 1 saturated carbocycles. The van der Waals surface area contributed by atoms with Crippen LogP contribution in [0.1, 0.15) is 13.3 Å².